The number of morpholine rings is 1. The number of nitrogens with one attached hydrogen (secondary N) is 2. The number of fused-ring (bicyclic) bond motifs is 3. The molecule has 2 aromatic carbocycles. The van der Waals surface area contributed by atoms with Crippen molar-refractivity contribution in [2.24, 2.45) is 0 Å². The Hall–Kier alpha value is -3.00. The van der Waals surface area contributed by atoms with Gasteiger partial charge in [-0.25, -0.2) is 0 Å². The fourth-order valence-corrected chi connectivity index (χ4v) is 4.73. The molecular formula is C25H28N4O3. The topological polar surface area (TPSA) is 75.6 Å². The molecule has 0 saturated carbocycles. The second-order valence-corrected chi connectivity index (χ2v) is 8.38. The minimum absolute atomic E-state index is 0.0366. The summed E-state index contributed by atoms with van der Waals surface area (Å²) in [5.41, 5.74) is 4.80. The van der Waals surface area contributed by atoms with Crippen LogP contribution in [-0.4, -0.2) is 60.7 Å². The normalized spacial score (nSPS) is 16.6. The van der Waals surface area contributed by atoms with Gasteiger partial charge >= 0.3 is 0 Å². The van der Waals surface area contributed by atoms with Gasteiger partial charge < -0.3 is 15.4 Å². The fourth-order valence-electron chi connectivity index (χ4n) is 4.73. The monoisotopic (exact) mass is 432 g/mol. The molecule has 0 bridgehead atoms. The molecule has 7 nitrogen and oxygen atoms in total. The highest BCUT2D eigenvalue weighted by Gasteiger charge is 2.25. The standard InChI is InChI=1S/C25H28N4O3/c30-23(17-28-11-13-32-14-12-28)27-20-7-4-8-21-25(20)19-9-10-26-16-22(19)29(21)24(31)15-18-5-2-1-3-6-18/h1-8,26H,9-17H2,(H,27,30). The highest BCUT2D eigenvalue weighted by Crippen LogP contribution is 2.34. The number of carbonyl (C=O) groups excluding carboxylic acids is 2. The maximum atomic E-state index is 13.4. The van der Waals surface area contributed by atoms with Gasteiger partial charge in [-0.2, -0.15) is 0 Å². The van der Waals surface area contributed by atoms with Crippen LogP contribution in [0.2, 0.25) is 0 Å². The van der Waals surface area contributed by atoms with Crippen LogP contribution in [0.1, 0.15) is 21.6 Å². The van der Waals surface area contributed by atoms with Crippen LogP contribution < -0.4 is 10.6 Å². The van der Waals surface area contributed by atoms with E-state index in [1.54, 1.807) is 0 Å². The van der Waals surface area contributed by atoms with Gasteiger partial charge in [-0.05, 0) is 36.2 Å². The van der Waals surface area contributed by atoms with Crippen molar-refractivity contribution in [1.29, 1.82) is 0 Å². The van der Waals surface area contributed by atoms with Gasteiger partial charge in [0.15, 0.2) is 0 Å². The first-order valence-corrected chi connectivity index (χ1v) is 11.2. The van der Waals surface area contributed by atoms with Gasteiger partial charge in [0.25, 0.3) is 0 Å². The van der Waals surface area contributed by atoms with Gasteiger partial charge in [0.05, 0.1) is 37.4 Å². The van der Waals surface area contributed by atoms with E-state index in [0.717, 1.165) is 59.5 Å². The van der Waals surface area contributed by atoms with E-state index in [1.165, 1.54) is 0 Å². The zero-order chi connectivity index (χ0) is 21.9. The predicted octanol–water partition coefficient (Wildman–Crippen LogP) is 2.44. The Kier molecular flexibility index (Phi) is 6.03. The van der Waals surface area contributed by atoms with Crippen LogP contribution in [0.4, 0.5) is 5.69 Å². The number of aromatic nitrogens is 1. The Balaban J connectivity index is 1.48. The molecule has 0 radical (unpaired) electrons. The molecule has 0 atom stereocenters. The molecule has 3 aromatic rings. The SMILES string of the molecule is O=C(CN1CCOCC1)Nc1cccc2c1c1c(n2C(=O)Cc2ccccc2)CNCC1. The van der Waals surface area contributed by atoms with Crippen molar-refractivity contribution in [3.05, 3.63) is 65.4 Å². The number of carbonyl (C=O) groups is 2. The van der Waals surface area contributed by atoms with Crippen LogP contribution in [0.15, 0.2) is 48.5 Å². The molecule has 32 heavy (non-hydrogen) atoms. The third-order valence-electron chi connectivity index (χ3n) is 6.24. The summed E-state index contributed by atoms with van der Waals surface area (Å²) in [6.45, 7) is 4.70. The molecule has 7 heteroatoms. The lowest BCUT2D eigenvalue weighted by Crippen LogP contribution is -2.41. The van der Waals surface area contributed by atoms with Crippen molar-refractivity contribution >= 4 is 28.4 Å². The van der Waals surface area contributed by atoms with Crippen LogP contribution in [-0.2, 0) is 28.9 Å². The van der Waals surface area contributed by atoms with Gasteiger partial charge in [0, 0.05) is 30.7 Å². The lowest BCUT2D eigenvalue weighted by atomic mass is 10.0. The molecule has 1 amide bonds. The van der Waals surface area contributed by atoms with Crippen molar-refractivity contribution in [3.8, 4) is 0 Å². The Labute approximate surface area is 187 Å². The molecule has 166 valence electrons. The largest absolute Gasteiger partial charge is 0.379 e. The smallest absolute Gasteiger partial charge is 0.238 e. The summed E-state index contributed by atoms with van der Waals surface area (Å²) in [6.07, 6.45) is 1.17. The molecule has 2 N–H and O–H groups in total. The minimum Gasteiger partial charge on any atom is -0.379 e. The molecule has 1 fully saturated rings. The molecule has 1 saturated heterocycles. The minimum atomic E-state index is -0.0366. The zero-order valence-electron chi connectivity index (χ0n) is 18.1. The van der Waals surface area contributed by atoms with E-state index in [4.69, 9.17) is 4.74 Å². The molecule has 5 rings (SSSR count). The first kappa shape index (κ1) is 20.9. The molecule has 2 aliphatic rings. The molecule has 1 aromatic heterocycles. The maximum absolute atomic E-state index is 13.4. The van der Waals surface area contributed by atoms with E-state index in [-0.39, 0.29) is 11.8 Å². The second-order valence-electron chi connectivity index (χ2n) is 8.38. The molecule has 0 unspecified atom stereocenters. The van der Waals surface area contributed by atoms with Gasteiger partial charge in [0.1, 0.15) is 0 Å². The van der Waals surface area contributed by atoms with Gasteiger partial charge in [-0.15, -0.1) is 0 Å². The number of nitrogens with zero attached hydrogens (tertiary/aromatic N) is 2. The number of rotatable bonds is 5. The van der Waals surface area contributed by atoms with Gasteiger partial charge in [0.2, 0.25) is 11.8 Å². The van der Waals surface area contributed by atoms with E-state index in [9.17, 15) is 9.59 Å². The van der Waals surface area contributed by atoms with Crippen LogP contribution in [0.25, 0.3) is 10.9 Å². The van der Waals surface area contributed by atoms with Crippen LogP contribution in [0.3, 0.4) is 0 Å². The average Bonchev–Trinajstić information content (AvgIpc) is 3.16. The highest BCUT2D eigenvalue weighted by molar-refractivity contribution is 6.07. The number of anilines is 1. The molecule has 0 aliphatic carbocycles. The van der Waals surface area contributed by atoms with Gasteiger partial charge in [-0.1, -0.05) is 36.4 Å². The van der Waals surface area contributed by atoms with Crippen molar-refractivity contribution in [1.82, 2.24) is 14.8 Å². The Bertz CT molecular complexity index is 1130. The Morgan fingerprint density at radius 1 is 1.03 bits per heavy atom. The van der Waals surface area contributed by atoms with Crippen molar-refractivity contribution in [3.63, 3.8) is 0 Å². The van der Waals surface area contributed by atoms with Crippen LogP contribution in [0, 0.1) is 0 Å². The summed E-state index contributed by atoms with van der Waals surface area (Å²) < 4.78 is 7.22. The lowest BCUT2D eigenvalue weighted by Gasteiger charge is -2.25. The predicted molar refractivity (Wildman–Crippen MR) is 124 cm³/mol. The summed E-state index contributed by atoms with van der Waals surface area (Å²) >= 11 is 0. The number of amides is 1. The summed E-state index contributed by atoms with van der Waals surface area (Å²) in [6, 6.07) is 15.7. The zero-order valence-corrected chi connectivity index (χ0v) is 18.1. The quantitative estimate of drug-likeness (QED) is 0.648. The number of hydrogen-bond donors (Lipinski definition) is 2. The summed E-state index contributed by atoms with van der Waals surface area (Å²) in [7, 11) is 0. The molecular weight excluding hydrogens is 404 g/mol. The highest BCUT2D eigenvalue weighted by atomic mass is 16.5. The second kappa shape index (κ2) is 9.24. The summed E-state index contributed by atoms with van der Waals surface area (Å²) in [5.74, 6) is 0.00777. The van der Waals surface area contributed by atoms with E-state index >= 15 is 0 Å². The van der Waals surface area contributed by atoms with E-state index in [1.807, 2.05) is 53.1 Å². The Morgan fingerprint density at radius 3 is 2.66 bits per heavy atom. The fraction of sp³-hybridized carbons (Fsp3) is 0.360. The average molecular weight is 433 g/mol. The van der Waals surface area contributed by atoms with Gasteiger partial charge in [-0.3, -0.25) is 19.1 Å². The number of hydrogen-bond acceptors (Lipinski definition) is 5. The molecule has 0 spiro atoms. The van der Waals surface area contributed by atoms with Crippen molar-refractivity contribution in [2.75, 3.05) is 44.7 Å². The van der Waals surface area contributed by atoms with Crippen LogP contribution >= 0.6 is 0 Å². The number of benzene rings is 2. The van der Waals surface area contributed by atoms with E-state index in [2.05, 4.69) is 15.5 Å². The summed E-state index contributed by atoms with van der Waals surface area (Å²) in [5, 5.41) is 7.50. The molecule has 2 aliphatic heterocycles. The van der Waals surface area contributed by atoms with Crippen LogP contribution in [0.5, 0.6) is 0 Å². The number of ether oxygens (including phenoxy) is 1. The maximum Gasteiger partial charge on any atom is 0.238 e. The molecule has 3 heterocycles. The Morgan fingerprint density at radius 2 is 1.84 bits per heavy atom. The third-order valence-corrected chi connectivity index (χ3v) is 6.24. The first-order valence-electron chi connectivity index (χ1n) is 11.2. The third kappa shape index (κ3) is 4.19. The van der Waals surface area contributed by atoms with E-state index < -0.39 is 0 Å². The summed E-state index contributed by atoms with van der Waals surface area (Å²) in [4.78, 5) is 28.3. The van der Waals surface area contributed by atoms with E-state index in [0.29, 0.717) is 32.7 Å². The first-order chi connectivity index (χ1) is 15.7. The lowest BCUT2D eigenvalue weighted by molar-refractivity contribution is -0.118. The van der Waals surface area contributed by atoms with Crippen molar-refractivity contribution in [2.45, 2.75) is 19.4 Å². The van der Waals surface area contributed by atoms with Crippen molar-refractivity contribution < 1.29 is 14.3 Å².